The second-order valence-electron chi connectivity index (χ2n) is 3.18. The van der Waals surface area contributed by atoms with Gasteiger partial charge in [0.2, 0.25) is 0 Å². The summed E-state index contributed by atoms with van der Waals surface area (Å²) in [4.78, 5) is 14.3. The van der Waals surface area contributed by atoms with Crippen LogP contribution in [0.25, 0.3) is 10.8 Å². The van der Waals surface area contributed by atoms with Crippen molar-refractivity contribution < 1.29 is 5.11 Å². The molecule has 1 heterocycles. The number of benzene rings is 1. The van der Waals surface area contributed by atoms with Crippen molar-refractivity contribution in [1.82, 2.24) is 4.98 Å². The van der Waals surface area contributed by atoms with E-state index in [2.05, 4.69) is 4.98 Å². The highest BCUT2D eigenvalue weighted by Gasteiger charge is 1.99. The zero-order valence-electron chi connectivity index (χ0n) is 7.66. The number of pyridine rings is 1. The lowest BCUT2D eigenvalue weighted by Gasteiger charge is -2.01. The third-order valence-electron chi connectivity index (χ3n) is 2.19. The predicted molar refractivity (Wildman–Crippen MR) is 55.4 cm³/mol. The molecular formula is C11H11NO2. The molecule has 2 N–H and O–H groups in total. The van der Waals surface area contributed by atoms with E-state index < -0.39 is 0 Å². The number of aromatic nitrogens is 1. The van der Waals surface area contributed by atoms with Gasteiger partial charge in [-0.3, -0.25) is 4.79 Å². The number of aliphatic hydroxyl groups is 1. The Morgan fingerprint density at radius 3 is 2.86 bits per heavy atom. The molecule has 1 aromatic heterocycles. The van der Waals surface area contributed by atoms with E-state index in [1.807, 2.05) is 24.3 Å². The summed E-state index contributed by atoms with van der Waals surface area (Å²) in [5.74, 6) is 0. The monoisotopic (exact) mass is 189 g/mol. The van der Waals surface area contributed by atoms with Gasteiger partial charge in [-0.05, 0) is 17.5 Å². The molecule has 3 nitrogen and oxygen atoms in total. The highest BCUT2D eigenvalue weighted by Crippen LogP contribution is 2.09. The zero-order valence-corrected chi connectivity index (χ0v) is 7.66. The lowest BCUT2D eigenvalue weighted by molar-refractivity contribution is 0.298. The Labute approximate surface area is 81.0 Å². The van der Waals surface area contributed by atoms with E-state index in [9.17, 15) is 4.79 Å². The third-order valence-corrected chi connectivity index (χ3v) is 2.19. The first-order valence-corrected chi connectivity index (χ1v) is 4.53. The van der Waals surface area contributed by atoms with Gasteiger partial charge in [0.15, 0.2) is 0 Å². The van der Waals surface area contributed by atoms with Crippen LogP contribution < -0.4 is 5.56 Å². The van der Waals surface area contributed by atoms with Crippen molar-refractivity contribution in [2.24, 2.45) is 0 Å². The second kappa shape index (κ2) is 3.64. The Balaban J connectivity index is 2.66. The van der Waals surface area contributed by atoms with E-state index in [-0.39, 0.29) is 12.2 Å². The minimum atomic E-state index is -0.0912. The molecule has 3 heteroatoms. The van der Waals surface area contributed by atoms with Gasteiger partial charge in [0.25, 0.3) is 5.56 Å². The van der Waals surface area contributed by atoms with E-state index in [1.54, 1.807) is 6.07 Å². The number of aromatic amines is 1. The topological polar surface area (TPSA) is 53.1 Å². The summed E-state index contributed by atoms with van der Waals surface area (Å²) >= 11 is 0. The third kappa shape index (κ3) is 1.54. The maximum absolute atomic E-state index is 11.5. The highest BCUT2D eigenvalue weighted by atomic mass is 16.3. The smallest absolute Gasteiger partial charge is 0.256 e. The fourth-order valence-electron chi connectivity index (χ4n) is 1.52. The van der Waals surface area contributed by atoms with Crippen LogP contribution in [0.15, 0.2) is 35.1 Å². The summed E-state index contributed by atoms with van der Waals surface area (Å²) in [6, 6.07) is 9.31. The molecule has 0 bridgehead atoms. The van der Waals surface area contributed by atoms with Crippen molar-refractivity contribution in [3.05, 3.63) is 46.4 Å². The Morgan fingerprint density at radius 1 is 1.29 bits per heavy atom. The van der Waals surface area contributed by atoms with Gasteiger partial charge in [0.05, 0.1) is 0 Å². The van der Waals surface area contributed by atoms with Crippen LogP contribution in [0.2, 0.25) is 0 Å². The number of rotatable bonds is 2. The van der Waals surface area contributed by atoms with E-state index in [0.717, 1.165) is 11.1 Å². The predicted octanol–water partition coefficient (Wildman–Crippen LogP) is 1.06. The molecule has 0 aliphatic rings. The first kappa shape index (κ1) is 8.97. The van der Waals surface area contributed by atoms with Crippen LogP contribution in [-0.4, -0.2) is 16.7 Å². The van der Waals surface area contributed by atoms with Crippen LogP contribution in [0.1, 0.15) is 5.69 Å². The number of fused-ring (bicyclic) bond motifs is 1. The normalized spacial score (nSPS) is 10.6. The molecule has 0 amide bonds. The number of aliphatic hydroxyl groups excluding tert-OH is 1. The summed E-state index contributed by atoms with van der Waals surface area (Å²) < 4.78 is 0. The second-order valence-corrected chi connectivity index (χ2v) is 3.18. The van der Waals surface area contributed by atoms with Crippen molar-refractivity contribution in [2.45, 2.75) is 6.42 Å². The quantitative estimate of drug-likeness (QED) is 0.742. The molecule has 0 atom stereocenters. The lowest BCUT2D eigenvalue weighted by Crippen LogP contribution is -2.09. The number of hydrogen-bond acceptors (Lipinski definition) is 2. The fourth-order valence-corrected chi connectivity index (χ4v) is 1.52. The Morgan fingerprint density at radius 2 is 2.07 bits per heavy atom. The molecule has 72 valence electrons. The van der Waals surface area contributed by atoms with Gasteiger partial charge in [-0.15, -0.1) is 0 Å². The first-order chi connectivity index (χ1) is 6.81. The van der Waals surface area contributed by atoms with Gasteiger partial charge in [-0.1, -0.05) is 18.2 Å². The van der Waals surface area contributed by atoms with Crippen LogP contribution >= 0.6 is 0 Å². The Bertz CT molecular complexity index is 502. The SMILES string of the molecule is O=c1[nH]c(CCO)cc2ccccc12. The zero-order chi connectivity index (χ0) is 9.97. The Hall–Kier alpha value is -1.61. The van der Waals surface area contributed by atoms with Crippen molar-refractivity contribution in [2.75, 3.05) is 6.61 Å². The molecule has 0 fully saturated rings. The van der Waals surface area contributed by atoms with E-state index in [4.69, 9.17) is 5.11 Å². The molecule has 2 aromatic rings. The summed E-state index contributed by atoms with van der Waals surface area (Å²) in [6.45, 7) is 0.0499. The average Bonchev–Trinajstić information content (AvgIpc) is 2.18. The van der Waals surface area contributed by atoms with Crippen LogP contribution in [0.3, 0.4) is 0 Å². The van der Waals surface area contributed by atoms with Gasteiger partial charge in [-0.2, -0.15) is 0 Å². The summed E-state index contributed by atoms with van der Waals surface area (Å²) in [5, 5.41) is 10.4. The van der Waals surface area contributed by atoms with Crippen LogP contribution in [0, 0.1) is 0 Å². The molecule has 0 radical (unpaired) electrons. The Kier molecular flexibility index (Phi) is 2.33. The van der Waals surface area contributed by atoms with Gasteiger partial charge in [-0.25, -0.2) is 0 Å². The standard InChI is InChI=1S/C11H11NO2/c13-6-5-9-7-8-3-1-2-4-10(8)11(14)12-9/h1-4,7,13H,5-6H2,(H,12,14). The number of hydrogen-bond donors (Lipinski definition) is 2. The maximum Gasteiger partial charge on any atom is 0.256 e. The van der Waals surface area contributed by atoms with E-state index >= 15 is 0 Å². The van der Waals surface area contributed by atoms with Gasteiger partial charge in [0.1, 0.15) is 0 Å². The van der Waals surface area contributed by atoms with Crippen molar-refractivity contribution in [3.8, 4) is 0 Å². The molecule has 0 spiro atoms. The molecule has 2 rings (SSSR count). The van der Waals surface area contributed by atoms with Crippen molar-refractivity contribution >= 4 is 10.8 Å². The summed E-state index contributed by atoms with van der Waals surface area (Å²) in [6.07, 6.45) is 0.486. The van der Waals surface area contributed by atoms with E-state index in [1.165, 1.54) is 0 Å². The van der Waals surface area contributed by atoms with Gasteiger partial charge < -0.3 is 10.1 Å². The molecule has 0 aliphatic carbocycles. The number of nitrogens with one attached hydrogen (secondary N) is 1. The molecular weight excluding hydrogens is 178 g/mol. The van der Waals surface area contributed by atoms with Gasteiger partial charge in [0, 0.05) is 24.1 Å². The molecule has 0 saturated heterocycles. The minimum absolute atomic E-state index is 0.0499. The first-order valence-electron chi connectivity index (χ1n) is 4.53. The largest absolute Gasteiger partial charge is 0.396 e. The van der Waals surface area contributed by atoms with Crippen LogP contribution in [0.5, 0.6) is 0 Å². The molecule has 1 aromatic carbocycles. The van der Waals surface area contributed by atoms with Crippen molar-refractivity contribution in [3.63, 3.8) is 0 Å². The van der Waals surface area contributed by atoms with Crippen LogP contribution in [0.4, 0.5) is 0 Å². The average molecular weight is 189 g/mol. The van der Waals surface area contributed by atoms with Crippen LogP contribution in [-0.2, 0) is 6.42 Å². The summed E-state index contributed by atoms with van der Waals surface area (Å²) in [7, 11) is 0. The highest BCUT2D eigenvalue weighted by molar-refractivity contribution is 5.81. The molecule has 0 aliphatic heterocycles. The minimum Gasteiger partial charge on any atom is -0.396 e. The molecule has 0 saturated carbocycles. The lowest BCUT2D eigenvalue weighted by atomic mass is 10.1. The maximum atomic E-state index is 11.5. The van der Waals surface area contributed by atoms with Crippen molar-refractivity contribution in [1.29, 1.82) is 0 Å². The fraction of sp³-hybridized carbons (Fsp3) is 0.182. The van der Waals surface area contributed by atoms with Gasteiger partial charge >= 0.3 is 0 Å². The molecule has 14 heavy (non-hydrogen) atoms. The summed E-state index contributed by atoms with van der Waals surface area (Å²) in [5.41, 5.74) is 0.683. The molecule has 0 unspecified atom stereocenters. The number of H-pyrrole nitrogens is 1. The van der Waals surface area contributed by atoms with E-state index in [0.29, 0.717) is 11.8 Å².